The van der Waals surface area contributed by atoms with Crippen molar-refractivity contribution < 1.29 is 8.95 Å². The highest BCUT2D eigenvalue weighted by atomic mass is 32.2. The monoisotopic (exact) mass is 289 g/mol. The van der Waals surface area contributed by atoms with E-state index < -0.39 is 10.8 Å². The zero-order chi connectivity index (χ0) is 14.5. The van der Waals surface area contributed by atoms with E-state index in [0.717, 1.165) is 12.8 Å². The fourth-order valence-corrected chi connectivity index (χ4v) is 4.86. The van der Waals surface area contributed by atoms with E-state index in [4.69, 9.17) is 10.5 Å². The Hall–Kier alpha value is 0.0700. The molecule has 0 amide bonds. The number of nitrogens with two attached hydrogens (primary N) is 1. The Morgan fingerprint density at radius 1 is 1.37 bits per heavy atom. The summed E-state index contributed by atoms with van der Waals surface area (Å²) >= 11 is 0. The molecule has 114 valence electrons. The molecule has 0 saturated heterocycles. The number of hydrogen-bond donors (Lipinski definition) is 1. The maximum absolute atomic E-state index is 12.5. The normalized spacial score (nSPS) is 30.3. The third-order valence-corrected chi connectivity index (χ3v) is 6.90. The summed E-state index contributed by atoms with van der Waals surface area (Å²) in [4.78, 5) is 0. The number of ether oxygens (including phenoxy) is 1. The average molecular weight is 289 g/mol. The predicted molar refractivity (Wildman–Crippen MR) is 82.6 cm³/mol. The molecule has 1 fully saturated rings. The van der Waals surface area contributed by atoms with Crippen molar-refractivity contribution in [2.45, 2.75) is 51.7 Å². The highest BCUT2D eigenvalue weighted by molar-refractivity contribution is 7.85. The topological polar surface area (TPSA) is 52.3 Å². The smallest absolute Gasteiger partial charge is 0.0577 e. The first-order valence-electron chi connectivity index (χ1n) is 7.52. The first-order valence-corrected chi connectivity index (χ1v) is 8.90. The lowest BCUT2D eigenvalue weighted by molar-refractivity contribution is 0.133. The fraction of sp³-hybridized carbons (Fsp3) is 1.00. The molecule has 0 spiro atoms. The van der Waals surface area contributed by atoms with Crippen LogP contribution in [0.3, 0.4) is 0 Å². The van der Waals surface area contributed by atoms with E-state index in [9.17, 15) is 4.21 Å². The van der Waals surface area contributed by atoms with Crippen molar-refractivity contribution >= 4 is 10.8 Å². The molecule has 3 nitrogen and oxygen atoms in total. The van der Waals surface area contributed by atoms with Gasteiger partial charge in [0.15, 0.2) is 0 Å². The Bertz CT molecular complexity index is 294. The van der Waals surface area contributed by atoms with Gasteiger partial charge in [0.1, 0.15) is 0 Å². The Morgan fingerprint density at radius 2 is 2.05 bits per heavy atom. The average Bonchev–Trinajstić information content (AvgIpc) is 2.43. The van der Waals surface area contributed by atoms with Crippen LogP contribution in [0.15, 0.2) is 0 Å². The van der Waals surface area contributed by atoms with Gasteiger partial charge in [-0.15, -0.1) is 0 Å². The molecule has 0 aromatic rings. The van der Waals surface area contributed by atoms with E-state index in [2.05, 4.69) is 20.8 Å². The summed E-state index contributed by atoms with van der Waals surface area (Å²) < 4.78 is 17.5. The van der Waals surface area contributed by atoms with Crippen LogP contribution in [0.5, 0.6) is 0 Å². The van der Waals surface area contributed by atoms with E-state index in [1.54, 1.807) is 7.11 Å². The van der Waals surface area contributed by atoms with Gasteiger partial charge in [-0.1, -0.05) is 27.2 Å². The minimum atomic E-state index is -0.799. The van der Waals surface area contributed by atoms with E-state index in [0.29, 0.717) is 36.2 Å². The van der Waals surface area contributed by atoms with Gasteiger partial charge in [0, 0.05) is 28.9 Å². The van der Waals surface area contributed by atoms with Gasteiger partial charge >= 0.3 is 0 Å². The van der Waals surface area contributed by atoms with Crippen molar-refractivity contribution in [3.8, 4) is 0 Å². The molecule has 0 bridgehead atoms. The maximum atomic E-state index is 12.5. The molecular weight excluding hydrogens is 258 g/mol. The molecule has 1 saturated carbocycles. The molecule has 1 aliphatic carbocycles. The minimum absolute atomic E-state index is 0.268. The molecule has 1 aliphatic rings. The van der Waals surface area contributed by atoms with Crippen LogP contribution in [0.25, 0.3) is 0 Å². The van der Waals surface area contributed by atoms with Crippen LogP contribution in [0, 0.1) is 17.3 Å². The first kappa shape index (κ1) is 17.1. The third-order valence-electron chi connectivity index (χ3n) is 5.07. The predicted octanol–water partition coefficient (Wildman–Crippen LogP) is 2.56. The Balaban J connectivity index is 2.71. The van der Waals surface area contributed by atoms with Crippen LogP contribution in [0.4, 0.5) is 0 Å². The summed E-state index contributed by atoms with van der Waals surface area (Å²) in [6, 6.07) is 0. The van der Waals surface area contributed by atoms with E-state index >= 15 is 0 Å². The van der Waals surface area contributed by atoms with Gasteiger partial charge in [0.05, 0.1) is 6.61 Å². The summed E-state index contributed by atoms with van der Waals surface area (Å²) in [5.41, 5.74) is 6.23. The molecule has 1 rings (SSSR count). The lowest BCUT2D eigenvalue weighted by atomic mass is 9.67. The second-order valence-electron chi connectivity index (χ2n) is 6.46. The van der Waals surface area contributed by atoms with E-state index in [1.807, 2.05) is 0 Å². The van der Waals surface area contributed by atoms with E-state index in [-0.39, 0.29) is 5.25 Å². The number of hydrogen-bond acceptors (Lipinski definition) is 3. The van der Waals surface area contributed by atoms with Crippen molar-refractivity contribution in [2.75, 3.05) is 26.0 Å². The molecule has 0 aromatic heterocycles. The van der Waals surface area contributed by atoms with Crippen molar-refractivity contribution in [3.63, 3.8) is 0 Å². The van der Waals surface area contributed by atoms with Crippen LogP contribution >= 0.6 is 0 Å². The minimum Gasteiger partial charge on any atom is -0.384 e. The molecule has 0 aromatic carbocycles. The van der Waals surface area contributed by atoms with Crippen LogP contribution < -0.4 is 5.73 Å². The van der Waals surface area contributed by atoms with Gasteiger partial charge in [-0.05, 0) is 43.1 Å². The molecule has 0 radical (unpaired) electrons. The second-order valence-corrected chi connectivity index (χ2v) is 8.24. The van der Waals surface area contributed by atoms with Crippen LogP contribution in [-0.2, 0) is 15.5 Å². The maximum Gasteiger partial charge on any atom is 0.0577 e. The number of methoxy groups -OCH3 is 1. The summed E-state index contributed by atoms with van der Waals surface area (Å²) in [6.07, 6.45) is 4.62. The highest BCUT2D eigenvalue weighted by Crippen LogP contribution is 2.43. The SMILES string of the molecule is CCC(C)(C)C1CCC(CN)C(S(=O)CCOC)C1. The van der Waals surface area contributed by atoms with Crippen LogP contribution in [0.1, 0.15) is 46.5 Å². The standard InChI is InChI=1S/C15H31NO2S/c1-5-15(2,3)13-7-6-12(11-16)14(10-13)19(17)9-8-18-4/h12-14H,5-11,16H2,1-4H3. The zero-order valence-electron chi connectivity index (χ0n) is 13.0. The zero-order valence-corrected chi connectivity index (χ0v) is 13.8. The molecule has 0 heterocycles. The highest BCUT2D eigenvalue weighted by Gasteiger charge is 2.38. The van der Waals surface area contributed by atoms with Crippen molar-refractivity contribution in [2.24, 2.45) is 23.0 Å². The number of rotatable bonds is 7. The second kappa shape index (κ2) is 7.75. The van der Waals surface area contributed by atoms with Crippen LogP contribution in [-0.4, -0.2) is 35.5 Å². The Morgan fingerprint density at radius 3 is 2.58 bits per heavy atom. The van der Waals surface area contributed by atoms with E-state index in [1.165, 1.54) is 12.8 Å². The van der Waals surface area contributed by atoms with Crippen molar-refractivity contribution in [3.05, 3.63) is 0 Å². The molecular formula is C15H31NO2S. The third kappa shape index (κ3) is 4.54. The molecule has 4 unspecified atom stereocenters. The molecule has 19 heavy (non-hydrogen) atoms. The van der Waals surface area contributed by atoms with Crippen molar-refractivity contribution in [1.82, 2.24) is 0 Å². The van der Waals surface area contributed by atoms with Gasteiger partial charge in [0.2, 0.25) is 0 Å². The first-order chi connectivity index (χ1) is 8.96. The van der Waals surface area contributed by atoms with Crippen molar-refractivity contribution in [1.29, 1.82) is 0 Å². The summed E-state index contributed by atoms with van der Waals surface area (Å²) in [5.74, 6) is 1.76. The largest absolute Gasteiger partial charge is 0.384 e. The Kier molecular flexibility index (Phi) is 6.98. The van der Waals surface area contributed by atoms with Crippen LogP contribution in [0.2, 0.25) is 0 Å². The molecule has 4 heteroatoms. The lowest BCUT2D eigenvalue weighted by Crippen LogP contribution is -2.42. The van der Waals surface area contributed by atoms with Gasteiger partial charge in [-0.2, -0.15) is 0 Å². The quantitative estimate of drug-likeness (QED) is 0.783. The van der Waals surface area contributed by atoms with Gasteiger partial charge in [0.25, 0.3) is 0 Å². The molecule has 4 atom stereocenters. The summed E-state index contributed by atoms with van der Waals surface area (Å²) in [6.45, 7) is 8.20. The molecule has 2 N–H and O–H groups in total. The fourth-order valence-electron chi connectivity index (χ4n) is 3.10. The molecule has 0 aliphatic heterocycles. The van der Waals surface area contributed by atoms with Gasteiger partial charge < -0.3 is 10.5 Å². The van der Waals surface area contributed by atoms with Gasteiger partial charge in [-0.25, -0.2) is 0 Å². The summed E-state index contributed by atoms with van der Waals surface area (Å²) in [7, 11) is 0.869. The Labute approximate surface area is 121 Å². The lowest BCUT2D eigenvalue weighted by Gasteiger charge is -2.42. The summed E-state index contributed by atoms with van der Waals surface area (Å²) in [5, 5.41) is 0.268. The van der Waals surface area contributed by atoms with Gasteiger partial charge in [-0.3, -0.25) is 4.21 Å².